The molecule has 0 aliphatic rings. The first-order chi connectivity index (χ1) is 8.17. The zero-order valence-corrected chi connectivity index (χ0v) is 6.44. The quantitative estimate of drug-likeness (QED) is 0.741. The summed E-state index contributed by atoms with van der Waals surface area (Å²) in [7, 11) is -1.83. The van der Waals surface area contributed by atoms with Gasteiger partial charge in [0.2, 0.25) is 0 Å². The summed E-state index contributed by atoms with van der Waals surface area (Å²) in [5.41, 5.74) is -0.525. The maximum Gasteiger partial charge on any atom is 0.307 e. The minimum Gasteiger partial charge on any atom is -0.504 e. The zero-order chi connectivity index (χ0) is 14.1. The van der Waals surface area contributed by atoms with Crippen molar-refractivity contribution in [2.45, 2.75) is 6.37 Å². The topological polar surface area (TPSA) is 66.8 Å². The lowest BCUT2D eigenvalue weighted by molar-refractivity contribution is -0.136. The molecular weight excluding hydrogens is 172 g/mol. The van der Waals surface area contributed by atoms with Crippen molar-refractivity contribution in [3.63, 3.8) is 0 Å². The van der Waals surface area contributed by atoms with Crippen molar-refractivity contribution in [2.75, 3.05) is 7.06 Å². The Morgan fingerprint density at radius 1 is 1.85 bits per heavy atom. The molecule has 1 aromatic carbocycles. The predicted octanol–water partition coefficient (Wildman–Crippen LogP) is 1.03. The molecule has 1 rings (SSSR count). The first-order valence-electron chi connectivity index (χ1n) is 5.91. The Morgan fingerprint density at radius 2 is 2.62 bits per heavy atom. The number of phenolic OH excluding ortho intramolecular Hbond substituents is 1. The third-order valence-electron chi connectivity index (χ3n) is 1.25. The molecule has 2 N–H and O–H groups in total. The molecule has 0 radical (unpaired) electrons. The molecule has 0 aromatic heterocycles. The minimum atomic E-state index is -2.83. The first kappa shape index (κ1) is 4.50. The highest BCUT2D eigenvalue weighted by Crippen LogP contribution is 2.26. The molecule has 4 nitrogen and oxygen atoms in total. The molecule has 0 spiro atoms. The van der Waals surface area contributed by atoms with Crippen LogP contribution in [-0.2, 0) is 11.2 Å². The van der Waals surface area contributed by atoms with E-state index in [1.165, 1.54) is 0 Å². The van der Waals surface area contributed by atoms with Crippen LogP contribution in [0.15, 0.2) is 18.2 Å². The van der Waals surface area contributed by atoms with Crippen LogP contribution in [0.5, 0.6) is 11.5 Å². The van der Waals surface area contributed by atoms with Gasteiger partial charge in [0.1, 0.15) is 0 Å². The maximum absolute atomic E-state index is 10.8. The van der Waals surface area contributed by atoms with E-state index in [0.29, 0.717) is 0 Å². The maximum atomic E-state index is 10.8. The van der Waals surface area contributed by atoms with Gasteiger partial charge in [-0.15, -0.1) is 0 Å². The van der Waals surface area contributed by atoms with Crippen LogP contribution < -0.4 is 4.74 Å². The van der Waals surface area contributed by atoms with Crippen LogP contribution in [0.4, 0.5) is 0 Å². The SMILES string of the molecule is [2H]c1c(C([2H])([2H])C(=O)O)ccc(O)c1OC([2H])[2H]. The summed E-state index contributed by atoms with van der Waals surface area (Å²) in [6.45, 7) is 0. The Bertz CT molecular complexity index is 474. The third kappa shape index (κ3) is 2.37. The van der Waals surface area contributed by atoms with E-state index < -0.39 is 42.5 Å². The second kappa shape index (κ2) is 3.80. The number of aromatic hydroxyl groups is 1. The number of hydrogen-bond acceptors (Lipinski definition) is 3. The van der Waals surface area contributed by atoms with Gasteiger partial charge >= 0.3 is 5.97 Å². The summed E-state index contributed by atoms with van der Waals surface area (Å²) in [6.07, 6.45) is -2.83. The van der Waals surface area contributed by atoms with Gasteiger partial charge in [-0.3, -0.25) is 4.79 Å². The van der Waals surface area contributed by atoms with Gasteiger partial charge in [-0.05, 0) is 17.7 Å². The number of ether oxygens (including phenoxy) is 1. The molecule has 0 saturated carbocycles. The van der Waals surface area contributed by atoms with Gasteiger partial charge in [-0.25, -0.2) is 0 Å². The van der Waals surface area contributed by atoms with Crippen molar-refractivity contribution in [1.82, 2.24) is 0 Å². The highest BCUT2D eigenvalue weighted by Gasteiger charge is 2.05. The summed E-state index contributed by atoms with van der Waals surface area (Å²) in [5, 5.41) is 18.1. The Morgan fingerprint density at radius 3 is 3.23 bits per heavy atom. The fraction of sp³-hybridized carbons (Fsp3) is 0.222. The van der Waals surface area contributed by atoms with E-state index in [4.69, 9.17) is 12.0 Å². The second-order valence-electron chi connectivity index (χ2n) is 2.13. The van der Waals surface area contributed by atoms with E-state index in [2.05, 4.69) is 4.74 Å². The van der Waals surface area contributed by atoms with Crippen LogP contribution in [0.25, 0.3) is 0 Å². The average Bonchev–Trinajstić information content (AvgIpc) is 2.23. The van der Waals surface area contributed by atoms with Gasteiger partial charge in [-0.1, -0.05) is 6.07 Å². The van der Waals surface area contributed by atoms with E-state index in [1.807, 2.05) is 0 Å². The lowest BCUT2D eigenvalue weighted by atomic mass is 10.1. The molecule has 0 heterocycles. The van der Waals surface area contributed by atoms with E-state index in [0.717, 1.165) is 12.1 Å². The highest BCUT2D eigenvalue weighted by molar-refractivity contribution is 5.70. The molecule has 0 aliphatic carbocycles. The zero-order valence-electron chi connectivity index (χ0n) is 11.4. The van der Waals surface area contributed by atoms with Gasteiger partial charge in [-0.2, -0.15) is 0 Å². The van der Waals surface area contributed by atoms with Crippen molar-refractivity contribution in [2.24, 2.45) is 0 Å². The molecule has 0 unspecified atom stereocenters. The van der Waals surface area contributed by atoms with E-state index in [9.17, 15) is 9.90 Å². The molecule has 0 atom stereocenters. The first-order valence-corrected chi connectivity index (χ1v) is 3.25. The average molecular weight is 187 g/mol. The third-order valence-corrected chi connectivity index (χ3v) is 1.25. The fourth-order valence-electron chi connectivity index (χ4n) is 0.744. The number of carboxylic acids is 1. The number of aliphatic carboxylic acids is 1. The molecule has 0 fully saturated rings. The lowest BCUT2D eigenvalue weighted by Gasteiger charge is -2.04. The van der Waals surface area contributed by atoms with Crippen molar-refractivity contribution < 1.29 is 26.6 Å². The van der Waals surface area contributed by atoms with Gasteiger partial charge in [0.05, 0.1) is 17.5 Å². The molecule has 0 aliphatic heterocycles. The van der Waals surface area contributed by atoms with Crippen molar-refractivity contribution in [1.29, 1.82) is 0 Å². The molecule has 4 heteroatoms. The monoisotopic (exact) mass is 187 g/mol. The number of phenols is 1. The number of hydrogen-bond donors (Lipinski definition) is 2. The summed E-state index contributed by atoms with van der Waals surface area (Å²) in [4.78, 5) is 10.8. The summed E-state index contributed by atoms with van der Waals surface area (Å²) >= 11 is 0. The number of carbonyl (C=O) groups is 1. The van der Waals surface area contributed by atoms with Crippen LogP contribution >= 0.6 is 0 Å². The summed E-state index contributed by atoms with van der Waals surface area (Å²) in [6, 6.07) is 1.19. The second-order valence-corrected chi connectivity index (χ2v) is 2.13. The fourth-order valence-corrected chi connectivity index (χ4v) is 0.744. The van der Waals surface area contributed by atoms with Crippen LogP contribution in [0.3, 0.4) is 0 Å². The van der Waals surface area contributed by atoms with Crippen LogP contribution in [-0.4, -0.2) is 23.2 Å². The Labute approximate surface area is 82.4 Å². The van der Waals surface area contributed by atoms with Crippen molar-refractivity contribution in [3.05, 3.63) is 23.7 Å². The Kier molecular flexibility index (Phi) is 1.32. The van der Waals surface area contributed by atoms with Crippen LogP contribution in [0.2, 0.25) is 0 Å². The Balaban J connectivity index is 3.37. The molecule has 0 bridgehead atoms. The van der Waals surface area contributed by atoms with Crippen molar-refractivity contribution in [3.8, 4) is 11.5 Å². The normalized spacial score (nSPS) is 16.5. The Hall–Kier alpha value is -1.71. The smallest absolute Gasteiger partial charge is 0.307 e. The molecule has 0 amide bonds. The van der Waals surface area contributed by atoms with Crippen LogP contribution in [0, 0.1) is 0 Å². The standard InChI is InChI=1S/C9H10O4/c1-13-8-4-6(5-9(11)12)2-3-7(8)10/h2-4,10H,5H2,1H3,(H,11,12)/i1D2,4D,5D2. The summed E-state index contributed by atoms with van der Waals surface area (Å²) in [5.74, 6) is -2.94. The van der Waals surface area contributed by atoms with E-state index >= 15 is 0 Å². The van der Waals surface area contributed by atoms with E-state index in [1.54, 1.807) is 0 Å². The molecular formula is C9H10O4. The lowest BCUT2D eigenvalue weighted by Crippen LogP contribution is -2.00. The highest BCUT2D eigenvalue weighted by atomic mass is 16.5. The van der Waals surface area contributed by atoms with Gasteiger partial charge in [0.25, 0.3) is 0 Å². The van der Waals surface area contributed by atoms with Gasteiger partial charge < -0.3 is 14.9 Å². The van der Waals surface area contributed by atoms with Crippen LogP contribution in [0.1, 0.15) is 12.4 Å². The number of benzene rings is 1. The molecule has 0 saturated heterocycles. The van der Waals surface area contributed by atoms with Crippen molar-refractivity contribution >= 4 is 5.97 Å². The molecule has 1 aromatic rings. The largest absolute Gasteiger partial charge is 0.504 e. The molecule has 13 heavy (non-hydrogen) atoms. The van der Waals surface area contributed by atoms with Gasteiger partial charge in [0.15, 0.2) is 11.5 Å². The summed E-state index contributed by atoms with van der Waals surface area (Å²) < 4.78 is 40.5. The number of carboxylic acid groups (broad SMARTS) is 1. The number of methoxy groups -OCH3 is 1. The molecule has 70 valence electrons. The minimum absolute atomic E-state index is 0.525. The van der Waals surface area contributed by atoms with Gasteiger partial charge in [0, 0.05) is 2.74 Å². The van der Waals surface area contributed by atoms with E-state index in [-0.39, 0.29) is 0 Å². The number of rotatable bonds is 3. The predicted molar refractivity (Wildman–Crippen MR) is 46.0 cm³/mol.